The van der Waals surface area contributed by atoms with Gasteiger partial charge in [-0.15, -0.1) is 0 Å². The number of rotatable bonds is 2. The van der Waals surface area contributed by atoms with Gasteiger partial charge in [-0.05, 0) is 40.8 Å². The second kappa shape index (κ2) is 6.66. The Kier molecular flexibility index (Phi) is 8.20. The largest absolute Gasteiger partial charge is 0.302 e. The number of hydrogen-bond donors (Lipinski definition) is 0. The Bertz CT molecular complexity index is 71.4. The molecular weight excluding hydrogens is 134 g/mol. The van der Waals surface area contributed by atoms with Crippen LogP contribution in [0.15, 0.2) is 0 Å². The highest BCUT2D eigenvalue weighted by atomic mass is 15.1. The standard InChI is InChI=1S/C8H19N.C2H6/c1-6-7-9(5)8(2,3)4;1-2/h6-7H2,1-5H3;1-2H3. The summed E-state index contributed by atoms with van der Waals surface area (Å²) in [6.45, 7) is 14.1. The van der Waals surface area contributed by atoms with Crippen molar-refractivity contribution in [3.05, 3.63) is 0 Å². The fourth-order valence-corrected chi connectivity index (χ4v) is 0.671. The average molecular weight is 159 g/mol. The molecule has 0 aliphatic carbocycles. The minimum Gasteiger partial charge on any atom is -0.302 e. The van der Waals surface area contributed by atoms with E-state index in [0.717, 1.165) is 0 Å². The summed E-state index contributed by atoms with van der Waals surface area (Å²) in [5.41, 5.74) is 0.343. The number of hydrogen-bond acceptors (Lipinski definition) is 1. The predicted octanol–water partition coefficient (Wildman–Crippen LogP) is 3.15. The van der Waals surface area contributed by atoms with Crippen LogP contribution in [0.2, 0.25) is 0 Å². The summed E-state index contributed by atoms with van der Waals surface area (Å²) >= 11 is 0. The van der Waals surface area contributed by atoms with Crippen LogP contribution in [0.3, 0.4) is 0 Å². The molecule has 0 atom stereocenters. The van der Waals surface area contributed by atoms with Gasteiger partial charge in [0.25, 0.3) is 0 Å². The Balaban J connectivity index is 0. The summed E-state index contributed by atoms with van der Waals surface area (Å²) in [5, 5.41) is 0. The van der Waals surface area contributed by atoms with E-state index >= 15 is 0 Å². The molecule has 0 bridgehead atoms. The lowest BCUT2D eigenvalue weighted by Crippen LogP contribution is -2.38. The normalized spacial score (nSPS) is 10.9. The summed E-state index contributed by atoms with van der Waals surface area (Å²) in [6, 6.07) is 0. The molecule has 0 fully saturated rings. The van der Waals surface area contributed by atoms with Gasteiger partial charge in [-0.2, -0.15) is 0 Å². The average Bonchev–Trinajstić information content (AvgIpc) is 1.91. The molecule has 11 heavy (non-hydrogen) atoms. The van der Waals surface area contributed by atoms with Crippen LogP contribution in [0.1, 0.15) is 48.0 Å². The van der Waals surface area contributed by atoms with Gasteiger partial charge >= 0.3 is 0 Å². The van der Waals surface area contributed by atoms with Gasteiger partial charge in [-0.1, -0.05) is 20.8 Å². The van der Waals surface area contributed by atoms with Crippen molar-refractivity contribution >= 4 is 0 Å². The molecule has 0 saturated heterocycles. The van der Waals surface area contributed by atoms with E-state index < -0.39 is 0 Å². The third kappa shape index (κ3) is 7.86. The maximum atomic E-state index is 2.37. The van der Waals surface area contributed by atoms with Crippen molar-refractivity contribution in [1.29, 1.82) is 0 Å². The molecule has 0 spiro atoms. The van der Waals surface area contributed by atoms with Crippen molar-refractivity contribution in [2.24, 2.45) is 0 Å². The maximum absolute atomic E-state index is 2.37. The van der Waals surface area contributed by atoms with Crippen molar-refractivity contribution < 1.29 is 0 Å². The zero-order chi connectivity index (χ0) is 9.49. The van der Waals surface area contributed by atoms with Gasteiger partial charge < -0.3 is 4.90 Å². The quantitative estimate of drug-likeness (QED) is 0.598. The van der Waals surface area contributed by atoms with Gasteiger partial charge in [0.2, 0.25) is 0 Å². The van der Waals surface area contributed by atoms with Crippen LogP contribution in [0.5, 0.6) is 0 Å². The molecular formula is C10H25N. The highest BCUT2D eigenvalue weighted by Crippen LogP contribution is 2.09. The van der Waals surface area contributed by atoms with Gasteiger partial charge in [0.05, 0.1) is 0 Å². The molecule has 0 heterocycles. The van der Waals surface area contributed by atoms with E-state index in [1.54, 1.807) is 0 Å². The van der Waals surface area contributed by atoms with Crippen molar-refractivity contribution in [2.45, 2.75) is 53.5 Å². The Morgan fingerprint density at radius 2 is 1.45 bits per heavy atom. The molecule has 0 rings (SSSR count). The highest BCUT2D eigenvalue weighted by molar-refractivity contribution is 4.71. The van der Waals surface area contributed by atoms with Crippen LogP contribution >= 0.6 is 0 Å². The van der Waals surface area contributed by atoms with E-state index in [1.807, 2.05) is 13.8 Å². The highest BCUT2D eigenvalue weighted by Gasteiger charge is 2.14. The van der Waals surface area contributed by atoms with E-state index in [1.165, 1.54) is 13.0 Å². The monoisotopic (exact) mass is 159 g/mol. The lowest BCUT2D eigenvalue weighted by atomic mass is 10.1. The molecule has 0 aromatic rings. The van der Waals surface area contributed by atoms with Crippen LogP contribution in [-0.2, 0) is 0 Å². The van der Waals surface area contributed by atoms with Crippen LogP contribution in [-0.4, -0.2) is 24.0 Å². The third-order valence-electron chi connectivity index (χ3n) is 1.70. The van der Waals surface area contributed by atoms with Gasteiger partial charge in [-0.25, -0.2) is 0 Å². The molecule has 1 nitrogen and oxygen atoms in total. The Morgan fingerprint density at radius 3 is 1.55 bits per heavy atom. The van der Waals surface area contributed by atoms with Crippen molar-refractivity contribution in [3.8, 4) is 0 Å². The molecule has 0 aromatic heterocycles. The van der Waals surface area contributed by atoms with E-state index in [9.17, 15) is 0 Å². The van der Waals surface area contributed by atoms with Crippen LogP contribution in [0.4, 0.5) is 0 Å². The summed E-state index contributed by atoms with van der Waals surface area (Å²) < 4.78 is 0. The number of nitrogens with zero attached hydrogens (tertiary/aromatic N) is 1. The van der Waals surface area contributed by atoms with Crippen LogP contribution in [0.25, 0.3) is 0 Å². The SMILES string of the molecule is CC.CCCN(C)C(C)(C)C. The summed E-state index contributed by atoms with van der Waals surface area (Å²) in [4.78, 5) is 2.37. The van der Waals surface area contributed by atoms with Crippen LogP contribution < -0.4 is 0 Å². The van der Waals surface area contributed by atoms with Crippen LogP contribution in [0, 0.1) is 0 Å². The van der Waals surface area contributed by atoms with E-state index in [-0.39, 0.29) is 0 Å². The lowest BCUT2D eigenvalue weighted by Gasteiger charge is -2.31. The smallest absolute Gasteiger partial charge is 0.0122 e. The second-order valence-electron chi connectivity index (χ2n) is 3.59. The zero-order valence-corrected chi connectivity index (χ0v) is 9.36. The maximum Gasteiger partial charge on any atom is 0.0122 e. The van der Waals surface area contributed by atoms with E-state index in [2.05, 4.69) is 39.6 Å². The molecule has 70 valence electrons. The predicted molar refractivity (Wildman–Crippen MR) is 54.0 cm³/mol. The third-order valence-corrected chi connectivity index (χ3v) is 1.70. The summed E-state index contributed by atoms with van der Waals surface area (Å²) in [6.07, 6.45) is 1.24. The summed E-state index contributed by atoms with van der Waals surface area (Å²) in [5.74, 6) is 0. The minimum atomic E-state index is 0.343. The van der Waals surface area contributed by atoms with Gasteiger partial charge in [0, 0.05) is 5.54 Å². The zero-order valence-electron chi connectivity index (χ0n) is 9.36. The Morgan fingerprint density at radius 1 is 1.09 bits per heavy atom. The Labute approximate surface area is 72.8 Å². The molecule has 1 heteroatoms. The van der Waals surface area contributed by atoms with E-state index in [4.69, 9.17) is 0 Å². The van der Waals surface area contributed by atoms with E-state index in [0.29, 0.717) is 5.54 Å². The first-order valence-electron chi connectivity index (χ1n) is 4.69. The molecule has 0 saturated carbocycles. The molecule has 0 aromatic carbocycles. The first-order chi connectivity index (χ1) is 4.98. The minimum absolute atomic E-state index is 0.343. The van der Waals surface area contributed by atoms with Gasteiger partial charge in [0.1, 0.15) is 0 Å². The molecule has 0 unspecified atom stereocenters. The van der Waals surface area contributed by atoms with Gasteiger partial charge in [0.15, 0.2) is 0 Å². The van der Waals surface area contributed by atoms with Gasteiger partial charge in [-0.3, -0.25) is 0 Å². The first kappa shape index (κ1) is 13.5. The lowest BCUT2D eigenvalue weighted by molar-refractivity contribution is 0.176. The first-order valence-corrected chi connectivity index (χ1v) is 4.69. The fraction of sp³-hybridized carbons (Fsp3) is 1.00. The molecule has 0 aliphatic heterocycles. The molecule has 0 amide bonds. The molecule has 0 N–H and O–H groups in total. The summed E-state index contributed by atoms with van der Waals surface area (Å²) in [7, 11) is 2.17. The van der Waals surface area contributed by atoms with Crippen molar-refractivity contribution in [3.63, 3.8) is 0 Å². The second-order valence-corrected chi connectivity index (χ2v) is 3.59. The molecule has 0 radical (unpaired) electrons. The molecule has 0 aliphatic rings. The Hall–Kier alpha value is -0.0400. The van der Waals surface area contributed by atoms with Crippen molar-refractivity contribution in [2.75, 3.05) is 13.6 Å². The fourth-order valence-electron chi connectivity index (χ4n) is 0.671. The van der Waals surface area contributed by atoms with Crippen molar-refractivity contribution in [1.82, 2.24) is 4.90 Å². The topological polar surface area (TPSA) is 3.24 Å².